The van der Waals surface area contributed by atoms with E-state index in [4.69, 9.17) is 4.74 Å². The Kier molecular flexibility index (Phi) is 6.09. The highest BCUT2D eigenvalue weighted by Crippen LogP contribution is 2.16. The van der Waals surface area contributed by atoms with Crippen LogP contribution in [-0.4, -0.2) is 23.9 Å². The number of piperazine rings is 1. The molecule has 0 aliphatic carbocycles. The van der Waals surface area contributed by atoms with Gasteiger partial charge in [-0.1, -0.05) is 72.8 Å². The molecule has 3 aromatic rings. The third-order valence-corrected chi connectivity index (χ3v) is 5.16. The van der Waals surface area contributed by atoms with E-state index >= 15 is 0 Å². The van der Waals surface area contributed by atoms with Crippen molar-refractivity contribution in [3.63, 3.8) is 0 Å². The summed E-state index contributed by atoms with van der Waals surface area (Å²) in [5, 5.41) is 5.72. The van der Waals surface area contributed by atoms with Gasteiger partial charge in [-0.3, -0.25) is 9.59 Å². The molecule has 0 bridgehead atoms. The average Bonchev–Trinajstić information content (AvgIpc) is 2.78. The SMILES string of the molecule is O=C1N[C@H](Cc2ccc(OCc3ccccc3)cc2)C(=O)N[C@@H]1Cc1ccccc1. The molecule has 2 atom stereocenters. The Morgan fingerprint density at radius 1 is 0.600 bits per heavy atom. The maximum Gasteiger partial charge on any atom is 0.243 e. The van der Waals surface area contributed by atoms with Crippen LogP contribution in [-0.2, 0) is 29.0 Å². The zero-order chi connectivity index (χ0) is 20.8. The Morgan fingerprint density at radius 2 is 1.07 bits per heavy atom. The fourth-order valence-corrected chi connectivity index (χ4v) is 3.51. The van der Waals surface area contributed by atoms with Gasteiger partial charge >= 0.3 is 0 Å². The predicted octanol–water partition coefficient (Wildman–Crippen LogP) is 3.03. The number of nitrogens with one attached hydrogen (secondary N) is 2. The fraction of sp³-hybridized carbons (Fsp3) is 0.200. The van der Waals surface area contributed by atoms with Crippen LogP contribution in [0.2, 0.25) is 0 Å². The van der Waals surface area contributed by atoms with Crippen molar-refractivity contribution < 1.29 is 14.3 Å². The minimum absolute atomic E-state index is 0.147. The van der Waals surface area contributed by atoms with Gasteiger partial charge in [0.15, 0.2) is 0 Å². The average molecular weight is 400 g/mol. The van der Waals surface area contributed by atoms with Crippen molar-refractivity contribution in [2.75, 3.05) is 0 Å². The number of carbonyl (C=O) groups excluding carboxylic acids is 2. The lowest BCUT2D eigenvalue weighted by atomic mass is 9.98. The van der Waals surface area contributed by atoms with Crippen molar-refractivity contribution in [3.8, 4) is 5.75 Å². The van der Waals surface area contributed by atoms with Crippen LogP contribution >= 0.6 is 0 Å². The first-order valence-electron chi connectivity index (χ1n) is 10.1. The third kappa shape index (κ3) is 5.06. The van der Waals surface area contributed by atoms with Crippen molar-refractivity contribution in [1.29, 1.82) is 0 Å². The molecule has 1 aliphatic heterocycles. The zero-order valence-corrected chi connectivity index (χ0v) is 16.6. The van der Waals surface area contributed by atoms with Crippen LogP contribution in [0.15, 0.2) is 84.9 Å². The zero-order valence-electron chi connectivity index (χ0n) is 16.6. The highest BCUT2D eigenvalue weighted by molar-refractivity contribution is 5.97. The van der Waals surface area contributed by atoms with Crippen LogP contribution in [0, 0.1) is 0 Å². The predicted molar refractivity (Wildman–Crippen MR) is 115 cm³/mol. The molecule has 0 unspecified atom stereocenters. The standard InChI is InChI=1S/C25H24N2O3/c28-24-22(15-18-7-3-1-4-8-18)26-25(29)23(27-24)16-19-11-13-21(14-12-19)30-17-20-9-5-2-6-10-20/h1-14,22-23H,15-17H2,(H,26,29)(H,27,28)/t22-,23-/m1/s1. The molecule has 1 aliphatic rings. The van der Waals surface area contributed by atoms with E-state index in [1.807, 2.05) is 84.9 Å². The van der Waals surface area contributed by atoms with Crippen molar-refractivity contribution in [2.24, 2.45) is 0 Å². The molecular weight excluding hydrogens is 376 g/mol. The van der Waals surface area contributed by atoms with E-state index in [0.29, 0.717) is 19.4 Å². The first-order valence-corrected chi connectivity index (χ1v) is 10.1. The highest BCUT2D eigenvalue weighted by Gasteiger charge is 2.33. The third-order valence-electron chi connectivity index (χ3n) is 5.16. The molecule has 5 heteroatoms. The molecule has 4 rings (SSSR count). The minimum Gasteiger partial charge on any atom is -0.489 e. The van der Waals surface area contributed by atoms with Crippen molar-refractivity contribution in [3.05, 3.63) is 102 Å². The summed E-state index contributed by atoms with van der Waals surface area (Å²) >= 11 is 0. The van der Waals surface area contributed by atoms with Gasteiger partial charge in [0.05, 0.1) is 0 Å². The Labute approximate surface area is 176 Å². The normalized spacial score (nSPS) is 18.4. The van der Waals surface area contributed by atoms with E-state index in [-0.39, 0.29) is 11.8 Å². The number of amides is 2. The molecule has 0 spiro atoms. The summed E-state index contributed by atoms with van der Waals surface area (Å²) in [6.45, 7) is 0.504. The monoisotopic (exact) mass is 400 g/mol. The lowest BCUT2D eigenvalue weighted by Gasteiger charge is -2.29. The van der Waals surface area contributed by atoms with Crippen LogP contribution in [0.3, 0.4) is 0 Å². The van der Waals surface area contributed by atoms with E-state index in [1.54, 1.807) is 0 Å². The molecule has 1 fully saturated rings. The quantitative estimate of drug-likeness (QED) is 0.641. The summed E-state index contributed by atoms with van der Waals surface area (Å²) < 4.78 is 5.80. The van der Waals surface area contributed by atoms with Crippen LogP contribution in [0.25, 0.3) is 0 Å². The highest BCUT2D eigenvalue weighted by atomic mass is 16.5. The maximum atomic E-state index is 12.5. The summed E-state index contributed by atoms with van der Waals surface area (Å²) in [6, 6.07) is 26.2. The lowest BCUT2D eigenvalue weighted by Crippen LogP contribution is -2.62. The Balaban J connectivity index is 1.31. The molecule has 3 aromatic carbocycles. The van der Waals surface area contributed by atoms with Gasteiger partial charge in [0, 0.05) is 12.8 Å². The Bertz CT molecular complexity index is 988. The van der Waals surface area contributed by atoms with E-state index in [2.05, 4.69) is 10.6 Å². The first kappa shape index (κ1) is 19.7. The van der Waals surface area contributed by atoms with Gasteiger partial charge in [-0.15, -0.1) is 0 Å². The van der Waals surface area contributed by atoms with Gasteiger partial charge in [0.2, 0.25) is 11.8 Å². The van der Waals surface area contributed by atoms with Crippen LogP contribution in [0.1, 0.15) is 16.7 Å². The molecule has 5 nitrogen and oxygen atoms in total. The summed E-state index contributed by atoms with van der Waals surface area (Å²) in [7, 11) is 0. The molecule has 1 saturated heterocycles. The van der Waals surface area contributed by atoms with Crippen molar-refractivity contribution >= 4 is 11.8 Å². The number of hydrogen-bond donors (Lipinski definition) is 2. The topological polar surface area (TPSA) is 67.4 Å². The van der Waals surface area contributed by atoms with Gasteiger partial charge < -0.3 is 15.4 Å². The van der Waals surface area contributed by atoms with Gasteiger partial charge in [0.1, 0.15) is 24.4 Å². The number of ether oxygens (including phenoxy) is 1. The molecule has 152 valence electrons. The Morgan fingerprint density at radius 3 is 1.60 bits per heavy atom. The Hall–Kier alpha value is -3.60. The summed E-state index contributed by atoms with van der Waals surface area (Å²) in [4.78, 5) is 25.0. The second kappa shape index (κ2) is 9.27. The van der Waals surface area contributed by atoms with Gasteiger partial charge in [-0.05, 0) is 28.8 Å². The maximum absolute atomic E-state index is 12.5. The molecule has 2 N–H and O–H groups in total. The number of carbonyl (C=O) groups is 2. The van der Waals surface area contributed by atoms with E-state index in [9.17, 15) is 9.59 Å². The second-order valence-corrected chi connectivity index (χ2v) is 7.43. The van der Waals surface area contributed by atoms with Crippen molar-refractivity contribution in [2.45, 2.75) is 31.5 Å². The minimum atomic E-state index is -0.569. The molecule has 0 saturated carbocycles. The first-order chi connectivity index (χ1) is 14.7. The molecular formula is C25H24N2O3. The number of benzene rings is 3. The van der Waals surface area contributed by atoms with Crippen LogP contribution < -0.4 is 15.4 Å². The number of hydrogen-bond acceptors (Lipinski definition) is 3. The van der Waals surface area contributed by atoms with E-state index < -0.39 is 12.1 Å². The summed E-state index contributed by atoms with van der Waals surface area (Å²) in [6.07, 6.45) is 0.924. The fourth-order valence-electron chi connectivity index (χ4n) is 3.51. The smallest absolute Gasteiger partial charge is 0.243 e. The molecule has 0 radical (unpaired) electrons. The van der Waals surface area contributed by atoms with E-state index in [1.165, 1.54) is 0 Å². The summed E-state index contributed by atoms with van der Waals surface area (Å²) in [5.41, 5.74) is 3.08. The van der Waals surface area contributed by atoms with Crippen LogP contribution in [0.5, 0.6) is 5.75 Å². The van der Waals surface area contributed by atoms with Crippen molar-refractivity contribution in [1.82, 2.24) is 10.6 Å². The molecule has 0 aromatic heterocycles. The van der Waals surface area contributed by atoms with E-state index in [0.717, 1.165) is 22.4 Å². The largest absolute Gasteiger partial charge is 0.489 e. The molecule has 2 amide bonds. The van der Waals surface area contributed by atoms with Gasteiger partial charge in [0.25, 0.3) is 0 Å². The molecule has 30 heavy (non-hydrogen) atoms. The second-order valence-electron chi connectivity index (χ2n) is 7.43. The van der Waals surface area contributed by atoms with Gasteiger partial charge in [-0.2, -0.15) is 0 Å². The summed E-state index contributed by atoms with van der Waals surface area (Å²) in [5.74, 6) is 0.467. The van der Waals surface area contributed by atoms with Gasteiger partial charge in [-0.25, -0.2) is 0 Å². The number of rotatable bonds is 7. The lowest BCUT2D eigenvalue weighted by molar-refractivity contribution is -0.136. The molecule has 1 heterocycles. The van der Waals surface area contributed by atoms with Crippen LogP contribution in [0.4, 0.5) is 0 Å².